The molecule has 1 aromatic rings. The minimum absolute atomic E-state index is 0.619. The van der Waals surface area contributed by atoms with E-state index in [0.717, 1.165) is 13.0 Å². The maximum atomic E-state index is 8.97. The van der Waals surface area contributed by atoms with Crippen molar-refractivity contribution in [2.45, 2.75) is 12.8 Å². The van der Waals surface area contributed by atoms with Crippen LogP contribution in [0.25, 0.3) is 0 Å². The molecule has 102 valence electrons. The lowest BCUT2D eigenvalue weighted by molar-refractivity contribution is 0.245. The van der Waals surface area contributed by atoms with E-state index in [1.807, 2.05) is 18.2 Å². The highest BCUT2D eigenvalue weighted by Crippen LogP contribution is 2.16. The summed E-state index contributed by atoms with van der Waals surface area (Å²) in [5, 5.41) is 8.97. The van der Waals surface area contributed by atoms with Gasteiger partial charge in [-0.15, -0.1) is 0 Å². The van der Waals surface area contributed by atoms with E-state index in [1.54, 1.807) is 6.07 Å². The second kappa shape index (κ2) is 8.08. The first-order valence-corrected chi connectivity index (χ1v) is 7.97. The van der Waals surface area contributed by atoms with Crippen LogP contribution in [0.4, 0.5) is 0 Å². The van der Waals surface area contributed by atoms with Crippen molar-refractivity contribution < 1.29 is 4.74 Å². The number of benzene rings is 1. The Morgan fingerprint density at radius 1 is 1.26 bits per heavy atom. The Morgan fingerprint density at radius 3 is 3.05 bits per heavy atom. The van der Waals surface area contributed by atoms with Crippen LogP contribution in [0, 0.1) is 11.3 Å². The SMILES string of the molecule is N#Cc1ccccc1OCCCN1CCCSCC1. The fourth-order valence-corrected chi connectivity index (χ4v) is 3.10. The number of hydrogen-bond donors (Lipinski definition) is 0. The van der Waals surface area contributed by atoms with Gasteiger partial charge in [0.1, 0.15) is 11.8 Å². The Morgan fingerprint density at radius 2 is 2.16 bits per heavy atom. The molecule has 2 rings (SSSR count). The predicted octanol–water partition coefficient (Wildman–Crippen LogP) is 2.77. The lowest BCUT2D eigenvalue weighted by atomic mass is 10.2. The van der Waals surface area contributed by atoms with Gasteiger partial charge in [-0.1, -0.05) is 12.1 Å². The zero-order chi connectivity index (χ0) is 13.3. The monoisotopic (exact) mass is 276 g/mol. The Hall–Kier alpha value is -1.18. The Labute approximate surface area is 119 Å². The average Bonchev–Trinajstić information content (AvgIpc) is 2.72. The van der Waals surface area contributed by atoms with E-state index < -0.39 is 0 Å². The van der Waals surface area contributed by atoms with Gasteiger partial charge < -0.3 is 9.64 Å². The molecule has 1 fully saturated rings. The maximum absolute atomic E-state index is 8.97. The van der Waals surface area contributed by atoms with Crippen molar-refractivity contribution in [3.63, 3.8) is 0 Å². The molecular formula is C15H20N2OS. The van der Waals surface area contributed by atoms with E-state index in [9.17, 15) is 0 Å². The molecule has 0 spiro atoms. The fraction of sp³-hybridized carbons (Fsp3) is 0.533. The molecule has 1 heterocycles. The first kappa shape index (κ1) is 14.2. The van der Waals surface area contributed by atoms with Crippen molar-refractivity contribution in [3.8, 4) is 11.8 Å². The summed E-state index contributed by atoms with van der Waals surface area (Å²) in [6.07, 6.45) is 2.31. The van der Waals surface area contributed by atoms with Gasteiger partial charge in [0.25, 0.3) is 0 Å². The molecule has 1 aliphatic rings. The van der Waals surface area contributed by atoms with Crippen molar-refractivity contribution in [3.05, 3.63) is 29.8 Å². The van der Waals surface area contributed by atoms with Crippen LogP contribution < -0.4 is 4.74 Å². The Balaban J connectivity index is 1.70. The summed E-state index contributed by atoms with van der Waals surface area (Å²) >= 11 is 2.05. The summed E-state index contributed by atoms with van der Waals surface area (Å²) in [6.45, 7) is 4.18. The van der Waals surface area contributed by atoms with Crippen molar-refractivity contribution in [2.24, 2.45) is 0 Å². The number of ether oxygens (including phenoxy) is 1. The third-order valence-electron chi connectivity index (χ3n) is 3.20. The zero-order valence-corrected chi connectivity index (χ0v) is 12.0. The molecule has 0 aliphatic carbocycles. The first-order chi connectivity index (χ1) is 9.40. The van der Waals surface area contributed by atoms with Crippen LogP contribution in [0.1, 0.15) is 18.4 Å². The molecule has 0 amide bonds. The highest BCUT2D eigenvalue weighted by molar-refractivity contribution is 7.99. The van der Waals surface area contributed by atoms with Crippen molar-refractivity contribution in [1.82, 2.24) is 4.90 Å². The Bertz CT molecular complexity index is 422. The fourth-order valence-electron chi connectivity index (χ4n) is 2.18. The van der Waals surface area contributed by atoms with E-state index >= 15 is 0 Å². The van der Waals surface area contributed by atoms with Crippen molar-refractivity contribution in [2.75, 3.05) is 37.7 Å². The number of thioether (sulfide) groups is 1. The van der Waals surface area contributed by atoms with Crippen molar-refractivity contribution in [1.29, 1.82) is 5.26 Å². The summed E-state index contributed by atoms with van der Waals surface area (Å²) in [6, 6.07) is 9.58. The van der Waals surface area contributed by atoms with Gasteiger partial charge >= 0.3 is 0 Å². The number of nitrogens with zero attached hydrogens (tertiary/aromatic N) is 2. The van der Waals surface area contributed by atoms with Crippen LogP contribution in [0.3, 0.4) is 0 Å². The normalized spacial score (nSPS) is 16.6. The molecule has 1 saturated heterocycles. The van der Waals surface area contributed by atoms with E-state index in [1.165, 1.54) is 31.0 Å². The molecule has 0 bridgehead atoms. The van der Waals surface area contributed by atoms with E-state index in [0.29, 0.717) is 17.9 Å². The number of rotatable bonds is 5. The molecule has 0 saturated carbocycles. The van der Waals surface area contributed by atoms with Crippen LogP contribution in [0.2, 0.25) is 0 Å². The molecule has 0 aromatic heterocycles. The van der Waals surface area contributed by atoms with E-state index in [2.05, 4.69) is 22.7 Å². The molecule has 19 heavy (non-hydrogen) atoms. The molecule has 1 aromatic carbocycles. The topological polar surface area (TPSA) is 36.3 Å². The summed E-state index contributed by atoms with van der Waals surface area (Å²) in [7, 11) is 0. The van der Waals surface area contributed by atoms with Crippen LogP contribution in [0.5, 0.6) is 5.75 Å². The highest BCUT2D eigenvalue weighted by Gasteiger charge is 2.08. The largest absolute Gasteiger partial charge is 0.492 e. The van der Waals surface area contributed by atoms with Gasteiger partial charge in [0.15, 0.2) is 0 Å². The third-order valence-corrected chi connectivity index (χ3v) is 4.25. The van der Waals surface area contributed by atoms with Crippen LogP contribution in [-0.2, 0) is 0 Å². The second-order valence-electron chi connectivity index (χ2n) is 4.62. The van der Waals surface area contributed by atoms with Crippen molar-refractivity contribution >= 4 is 11.8 Å². The molecule has 0 radical (unpaired) electrons. The quantitative estimate of drug-likeness (QED) is 0.775. The van der Waals surface area contributed by atoms with Gasteiger partial charge in [-0.25, -0.2) is 0 Å². The second-order valence-corrected chi connectivity index (χ2v) is 5.84. The average molecular weight is 276 g/mol. The Kier molecular flexibility index (Phi) is 6.06. The predicted molar refractivity (Wildman–Crippen MR) is 79.7 cm³/mol. The summed E-state index contributed by atoms with van der Waals surface area (Å²) in [4.78, 5) is 2.51. The minimum atomic E-state index is 0.619. The molecule has 4 heteroatoms. The maximum Gasteiger partial charge on any atom is 0.137 e. The van der Waals surface area contributed by atoms with Gasteiger partial charge in [0.2, 0.25) is 0 Å². The molecule has 1 aliphatic heterocycles. The molecule has 0 atom stereocenters. The van der Waals surface area contributed by atoms with Gasteiger partial charge in [-0.05, 0) is 37.3 Å². The first-order valence-electron chi connectivity index (χ1n) is 6.82. The third kappa shape index (κ3) is 4.77. The smallest absolute Gasteiger partial charge is 0.137 e. The molecule has 0 N–H and O–H groups in total. The molecule has 3 nitrogen and oxygen atoms in total. The number of para-hydroxylation sites is 1. The standard InChI is InChI=1S/C15H20N2OS/c16-13-14-5-1-2-6-15(14)18-10-3-7-17-8-4-11-19-12-9-17/h1-2,5-6H,3-4,7-12H2. The van der Waals surface area contributed by atoms with Gasteiger partial charge in [0, 0.05) is 18.8 Å². The number of hydrogen-bond acceptors (Lipinski definition) is 4. The number of nitriles is 1. The zero-order valence-electron chi connectivity index (χ0n) is 11.2. The summed E-state index contributed by atoms with van der Waals surface area (Å²) in [5.41, 5.74) is 0.619. The van der Waals surface area contributed by atoms with Crippen LogP contribution in [0.15, 0.2) is 24.3 Å². The van der Waals surface area contributed by atoms with Crippen LogP contribution in [-0.4, -0.2) is 42.6 Å². The van der Waals surface area contributed by atoms with Gasteiger partial charge in [0.05, 0.1) is 12.2 Å². The van der Waals surface area contributed by atoms with Gasteiger partial charge in [-0.3, -0.25) is 0 Å². The lowest BCUT2D eigenvalue weighted by Crippen LogP contribution is -2.28. The summed E-state index contributed by atoms with van der Waals surface area (Å²) in [5.74, 6) is 3.25. The molecular weight excluding hydrogens is 256 g/mol. The van der Waals surface area contributed by atoms with Gasteiger partial charge in [-0.2, -0.15) is 17.0 Å². The molecule has 0 unspecified atom stereocenters. The lowest BCUT2D eigenvalue weighted by Gasteiger charge is -2.19. The minimum Gasteiger partial charge on any atom is -0.492 e. The van der Waals surface area contributed by atoms with E-state index in [-0.39, 0.29) is 0 Å². The van der Waals surface area contributed by atoms with Crippen LogP contribution >= 0.6 is 11.8 Å². The summed E-state index contributed by atoms with van der Waals surface area (Å²) < 4.78 is 5.70. The highest BCUT2D eigenvalue weighted by atomic mass is 32.2. The van der Waals surface area contributed by atoms with E-state index in [4.69, 9.17) is 10.00 Å².